The number of sulfonamides is 1. The van der Waals surface area contributed by atoms with Gasteiger partial charge < -0.3 is 10.1 Å². The van der Waals surface area contributed by atoms with Crippen LogP contribution in [0.2, 0.25) is 0 Å². The van der Waals surface area contributed by atoms with Gasteiger partial charge in [0.25, 0.3) is 0 Å². The first-order chi connectivity index (χ1) is 6.86. The Kier molecular flexibility index (Phi) is 3.00. The Labute approximate surface area is 83.7 Å². The number of nitrogens with zero attached hydrogens (tertiary/aromatic N) is 3. The minimum Gasteiger partial charge on any atom is -0.358 e. The van der Waals surface area contributed by atoms with Gasteiger partial charge in [-0.1, -0.05) is 0 Å². The first kappa shape index (κ1) is 11.5. The number of nitrogens with two attached hydrogens (primary N) is 1. The molecule has 0 aromatic carbocycles. The first-order valence-electron chi connectivity index (χ1n) is 3.67. The Morgan fingerprint density at radius 3 is 2.60 bits per heavy atom. The molecule has 15 heavy (non-hydrogen) atoms. The number of rotatable bonds is 4. The number of halogens is 1. The number of nitro groups is 1. The highest BCUT2D eigenvalue weighted by molar-refractivity contribution is 7.89. The summed E-state index contributed by atoms with van der Waals surface area (Å²) >= 11 is 0. The molecule has 8 nitrogen and oxygen atoms in total. The molecule has 0 spiro atoms. The van der Waals surface area contributed by atoms with E-state index in [4.69, 9.17) is 5.14 Å². The predicted octanol–water partition coefficient (Wildman–Crippen LogP) is -0.592. The van der Waals surface area contributed by atoms with Crippen LogP contribution in [0.5, 0.6) is 0 Å². The predicted molar refractivity (Wildman–Crippen MR) is 46.2 cm³/mol. The molecular weight excluding hydrogens is 231 g/mol. The lowest BCUT2D eigenvalue weighted by Crippen LogP contribution is -2.13. The van der Waals surface area contributed by atoms with Crippen LogP contribution in [0.25, 0.3) is 0 Å². The number of aromatic nitrogens is 2. The van der Waals surface area contributed by atoms with Gasteiger partial charge >= 0.3 is 5.82 Å². The van der Waals surface area contributed by atoms with Gasteiger partial charge in [-0.15, -0.1) is 0 Å². The van der Waals surface area contributed by atoms with Crippen molar-refractivity contribution in [3.63, 3.8) is 0 Å². The number of alkyl halides is 1. The lowest BCUT2D eigenvalue weighted by atomic mass is 10.6. The van der Waals surface area contributed by atoms with Gasteiger partial charge in [-0.25, -0.2) is 17.9 Å². The van der Waals surface area contributed by atoms with Gasteiger partial charge in [-0.2, -0.15) is 4.68 Å². The summed E-state index contributed by atoms with van der Waals surface area (Å²) in [5.41, 5.74) is 0. The summed E-state index contributed by atoms with van der Waals surface area (Å²) in [6, 6.07) is 0. The molecule has 0 saturated carbocycles. The van der Waals surface area contributed by atoms with Crippen molar-refractivity contribution in [2.45, 2.75) is 11.4 Å². The largest absolute Gasteiger partial charge is 0.410 e. The zero-order chi connectivity index (χ0) is 11.6. The van der Waals surface area contributed by atoms with E-state index >= 15 is 0 Å². The molecule has 0 aliphatic heterocycles. The highest BCUT2D eigenvalue weighted by Crippen LogP contribution is 2.19. The van der Waals surface area contributed by atoms with E-state index < -0.39 is 32.3 Å². The van der Waals surface area contributed by atoms with Crippen LogP contribution in [-0.2, 0) is 16.6 Å². The van der Waals surface area contributed by atoms with E-state index in [-0.39, 0.29) is 6.54 Å². The molecule has 1 heterocycles. The minimum absolute atomic E-state index is 0.268. The SMILES string of the molecule is NS(=O)(=O)c1cn(CCF)nc1[N+](=O)[O-]. The molecular formula is C5H7FN4O4S. The average molecular weight is 238 g/mol. The fourth-order valence-corrected chi connectivity index (χ4v) is 1.56. The van der Waals surface area contributed by atoms with Crippen molar-refractivity contribution in [3.8, 4) is 0 Å². The molecule has 10 heteroatoms. The van der Waals surface area contributed by atoms with Crippen molar-refractivity contribution in [1.82, 2.24) is 9.78 Å². The van der Waals surface area contributed by atoms with Crippen LogP contribution in [0.3, 0.4) is 0 Å². The molecule has 0 unspecified atom stereocenters. The number of hydrogen-bond acceptors (Lipinski definition) is 5. The Morgan fingerprint density at radius 1 is 1.67 bits per heavy atom. The van der Waals surface area contributed by atoms with Crippen LogP contribution in [0.4, 0.5) is 10.2 Å². The van der Waals surface area contributed by atoms with Gasteiger partial charge in [0, 0.05) is 0 Å². The molecule has 0 aliphatic rings. The lowest BCUT2D eigenvalue weighted by molar-refractivity contribution is -0.392. The molecule has 0 atom stereocenters. The quantitative estimate of drug-likeness (QED) is 0.554. The smallest absolute Gasteiger partial charge is 0.358 e. The van der Waals surface area contributed by atoms with E-state index in [1.165, 1.54) is 0 Å². The van der Waals surface area contributed by atoms with Crippen LogP contribution in [0.15, 0.2) is 11.1 Å². The zero-order valence-electron chi connectivity index (χ0n) is 7.33. The van der Waals surface area contributed by atoms with Crippen molar-refractivity contribution < 1.29 is 17.7 Å². The number of aryl methyl sites for hydroxylation is 1. The maximum absolute atomic E-state index is 11.9. The third-order valence-corrected chi connectivity index (χ3v) is 2.40. The minimum atomic E-state index is -4.22. The molecule has 1 rings (SSSR count). The third kappa shape index (κ3) is 2.47. The second-order valence-electron chi connectivity index (χ2n) is 2.57. The fraction of sp³-hybridized carbons (Fsp3) is 0.400. The molecule has 0 fully saturated rings. The van der Waals surface area contributed by atoms with Crippen molar-refractivity contribution in [2.75, 3.05) is 6.67 Å². The fourth-order valence-electron chi connectivity index (χ4n) is 0.921. The Morgan fingerprint density at radius 2 is 2.27 bits per heavy atom. The van der Waals surface area contributed by atoms with Gasteiger partial charge in [-0.3, -0.25) is 0 Å². The monoisotopic (exact) mass is 238 g/mol. The summed E-state index contributed by atoms with van der Waals surface area (Å²) in [6.07, 6.45) is 0.826. The van der Waals surface area contributed by atoms with Gasteiger partial charge in [0.2, 0.25) is 14.9 Å². The van der Waals surface area contributed by atoms with Crippen molar-refractivity contribution in [2.24, 2.45) is 5.14 Å². The maximum atomic E-state index is 11.9. The summed E-state index contributed by atoms with van der Waals surface area (Å²) in [5, 5.41) is 18.4. The first-order valence-corrected chi connectivity index (χ1v) is 5.21. The molecule has 1 aromatic heterocycles. The molecule has 0 saturated heterocycles. The molecule has 0 amide bonds. The summed E-state index contributed by atoms with van der Waals surface area (Å²) in [6.45, 7) is -1.08. The molecule has 0 radical (unpaired) electrons. The number of hydrogen-bond donors (Lipinski definition) is 1. The second-order valence-corrected chi connectivity index (χ2v) is 4.10. The van der Waals surface area contributed by atoms with Crippen LogP contribution in [-0.4, -0.2) is 29.8 Å². The molecule has 0 bridgehead atoms. The van der Waals surface area contributed by atoms with Crippen LogP contribution in [0.1, 0.15) is 0 Å². The normalized spacial score (nSPS) is 11.6. The highest BCUT2D eigenvalue weighted by Gasteiger charge is 2.28. The zero-order valence-corrected chi connectivity index (χ0v) is 8.15. The van der Waals surface area contributed by atoms with Crippen molar-refractivity contribution in [1.29, 1.82) is 0 Å². The summed E-state index contributed by atoms with van der Waals surface area (Å²) in [4.78, 5) is 8.69. The lowest BCUT2D eigenvalue weighted by Gasteiger charge is -1.91. The van der Waals surface area contributed by atoms with E-state index in [9.17, 15) is 22.9 Å². The molecule has 84 valence electrons. The molecule has 0 aliphatic carbocycles. The standard InChI is InChI=1S/C5H7FN4O4S/c6-1-2-9-3-4(15(7,13)14)5(8-9)10(11)12/h3H,1-2H2,(H2,7,13,14). The van der Waals surface area contributed by atoms with E-state index in [0.29, 0.717) is 0 Å². The topological polar surface area (TPSA) is 121 Å². The average Bonchev–Trinajstić information content (AvgIpc) is 2.48. The van der Waals surface area contributed by atoms with E-state index in [1.54, 1.807) is 0 Å². The van der Waals surface area contributed by atoms with E-state index in [0.717, 1.165) is 10.9 Å². The van der Waals surface area contributed by atoms with Crippen LogP contribution < -0.4 is 5.14 Å². The number of primary sulfonamides is 1. The summed E-state index contributed by atoms with van der Waals surface area (Å²) in [5.74, 6) is -0.897. The van der Waals surface area contributed by atoms with Gasteiger partial charge in [0.05, 0.1) is 17.8 Å². The van der Waals surface area contributed by atoms with E-state index in [2.05, 4.69) is 5.10 Å². The Hall–Kier alpha value is -1.55. The van der Waals surface area contributed by atoms with E-state index in [1.807, 2.05) is 0 Å². The van der Waals surface area contributed by atoms with Gasteiger partial charge in [0.1, 0.15) is 6.67 Å². The van der Waals surface area contributed by atoms with Crippen molar-refractivity contribution in [3.05, 3.63) is 16.3 Å². The van der Waals surface area contributed by atoms with Crippen LogP contribution in [0, 0.1) is 10.1 Å². The second kappa shape index (κ2) is 3.90. The maximum Gasteiger partial charge on any atom is 0.410 e. The molecule has 1 aromatic rings. The van der Waals surface area contributed by atoms with Gasteiger partial charge in [-0.05, 0) is 4.92 Å². The van der Waals surface area contributed by atoms with Gasteiger partial charge in [0.15, 0.2) is 0 Å². The summed E-state index contributed by atoms with van der Waals surface area (Å²) < 4.78 is 34.5. The van der Waals surface area contributed by atoms with Crippen LogP contribution >= 0.6 is 0 Å². The highest BCUT2D eigenvalue weighted by atomic mass is 32.2. The third-order valence-electron chi connectivity index (χ3n) is 1.50. The Bertz CT molecular complexity index is 481. The van der Waals surface area contributed by atoms with Crippen molar-refractivity contribution >= 4 is 15.8 Å². The molecule has 2 N–H and O–H groups in total. The summed E-state index contributed by atoms with van der Waals surface area (Å²) in [7, 11) is -4.22. The Balaban J connectivity index is 3.30.